The number of unbranched alkanes of at least 4 members (excludes halogenated alkanes) is 2. The molecule has 0 aromatic carbocycles. The van der Waals surface area contributed by atoms with Gasteiger partial charge in [0.25, 0.3) is 0 Å². The van der Waals surface area contributed by atoms with Crippen molar-refractivity contribution >= 4 is 5.65 Å². The SMILES string of the molecule is CCCCCc1cncn2cnnc12. The van der Waals surface area contributed by atoms with Gasteiger partial charge < -0.3 is 0 Å². The minimum Gasteiger partial charge on any atom is -0.272 e. The molecule has 0 unspecified atom stereocenters. The average molecular weight is 190 g/mol. The van der Waals surface area contributed by atoms with E-state index in [-0.39, 0.29) is 0 Å². The van der Waals surface area contributed by atoms with Crippen molar-refractivity contribution in [3.05, 3.63) is 24.4 Å². The summed E-state index contributed by atoms with van der Waals surface area (Å²) in [7, 11) is 0. The third-order valence-electron chi connectivity index (χ3n) is 2.33. The zero-order valence-electron chi connectivity index (χ0n) is 8.35. The van der Waals surface area contributed by atoms with E-state index in [4.69, 9.17) is 0 Å². The lowest BCUT2D eigenvalue weighted by Crippen LogP contribution is -1.94. The lowest BCUT2D eigenvalue weighted by atomic mass is 10.1. The van der Waals surface area contributed by atoms with Crippen LogP contribution in [-0.2, 0) is 6.42 Å². The van der Waals surface area contributed by atoms with Gasteiger partial charge in [-0.05, 0) is 12.8 Å². The highest BCUT2D eigenvalue weighted by Gasteiger charge is 2.02. The Kier molecular flexibility index (Phi) is 2.72. The standard InChI is InChI=1S/C10H14N4/c1-2-3-4-5-9-6-11-7-14-8-12-13-10(9)14/h6-8H,2-5H2,1H3. The van der Waals surface area contributed by atoms with Gasteiger partial charge >= 0.3 is 0 Å². The number of rotatable bonds is 4. The molecule has 0 saturated heterocycles. The number of nitrogens with zero attached hydrogens (tertiary/aromatic N) is 4. The number of hydrogen-bond acceptors (Lipinski definition) is 3. The van der Waals surface area contributed by atoms with Crippen LogP contribution in [0.5, 0.6) is 0 Å². The topological polar surface area (TPSA) is 43.1 Å². The average Bonchev–Trinajstić information content (AvgIpc) is 2.67. The minimum atomic E-state index is 0.941. The molecular weight excluding hydrogens is 176 g/mol. The first-order valence-corrected chi connectivity index (χ1v) is 5.04. The maximum absolute atomic E-state index is 4.15. The second-order valence-electron chi connectivity index (χ2n) is 3.44. The van der Waals surface area contributed by atoms with Gasteiger partial charge in [0.1, 0.15) is 12.7 Å². The Morgan fingerprint density at radius 3 is 3.07 bits per heavy atom. The molecule has 0 aliphatic rings. The smallest absolute Gasteiger partial charge is 0.166 e. The Hall–Kier alpha value is -1.45. The summed E-state index contributed by atoms with van der Waals surface area (Å²) in [5.74, 6) is 0. The van der Waals surface area contributed by atoms with Crippen molar-refractivity contribution < 1.29 is 0 Å². The van der Waals surface area contributed by atoms with E-state index in [1.165, 1.54) is 24.8 Å². The maximum Gasteiger partial charge on any atom is 0.166 e. The van der Waals surface area contributed by atoms with Crippen LogP contribution in [-0.4, -0.2) is 19.6 Å². The Morgan fingerprint density at radius 1 is 1.29 bits per heavy atom. The van der Waals surface area contributed by atoms with Crippen LogP contribution in [0.2, 0.25) is 0 Å². The molecular formula is C10H14N4. The van der Waals surface area contributed by atoms with Gasteiger partial charge in [-0.1, -0.05) is 19.8 Å². The molecule has 2 heterocycles. The van der Waals surface area contributed by atoms with Gasteiger partial charge in [-0.2, -0.15) is 0 Å². The Labute approximate surface area is 83.0 Å². The number of hydrogen-bond donors (Lipinski definition) is 0. The fourth-order valence-electron chi connectivity index (χ4n) is 1.55. The summed E-state index contributed by atoms with van der Waals surface area (Å²) in [6.45, 7) is 2.20. The highest BCUT2D eigenvalue weighted by atomic mass is 15.2. The summed E-state index contributed by atoms with van der Waals surface area (Å²) in [6, 6.07) is 0. The van der Waals surface area contributed by atoms with Crippen LogP contribution < -0.4 is 0 Å². The summed E-state index contributed by atoms with van der Waals surface area (Å²) < 4.78 is 1.86. The van der Waals surface area contributed by atoms with Crippen LogP contribution in [0.3, 0.4) is 0 Å². The fraction of sp³-hybridized carbons (Fsp3) is 0.500. The van der Waals surface area contributed by atoms with Crippen LogP contribution in [0, 0.1) is 0 Å². The largest absolute Gasteiger partial charge is 0.272 e. The zero-order valence-corrected chi connectivity index (χ0v) is 8.35. The fourth-order valence-corrected chi connectivity index (χ4v) is 1.55. The number of aromatic nitrogens is 4. The predicted octanol–water partition coefficient (Wildman–Crippen LogP) is 1.86. The Bertz CT molecular complexity index is 407. The quantitative estimate of drug-likeness (QED) is 0.691. The van der Waals surface area contributed by atoms with Gasteiger partial charge in [-0.25, -0.2) is 4.98 Å². The van der Waals surface area contributed by atoms with Gasteiger partial charge in [-0.15, -0.1) is 10.2 Å². The van der Waals surface area contributed by atoms with Crippen molar-refractivity contribution in [3.63, 3.8) is 0 Å². The Morgan fingerprint density at radius 2 is 2.21 bits per heavy atom. The van der Waals surface area contributed by atoms with E-state index >= 15 is 0 Å². The van der Waals surface area contributed by atoms with Crippen molar-refractivity contribution in [1.29, 1.82) is 0 Å². The van der Waals surface area contributed by atoms with Crippen molar-refractivity contribution in [1.82, 2.24) is 19.6 Å². The number of fused-ring (bicyclic) bond motifs is 1. The zero-order chi connectivity index (χ0) is 9.80. The molecule has 0 bridgehead atoms. The molecule has 2 aromatic heterocycles. The molecule has 0 amide bonds. The van der Waals surface area contributed by atoms with E-state index in [2.05, 4.69) is 22.1 Å². The molecule has 2 rings (SSSR count). The van der Waals surface area contributed by atoms with Gasteiger partial charge in [0, 0.05) is 11.8 Å². The van der Waals surface area contributed by atoms with Crippen molar-refractivity contribution in [2.45, 2.75) is 32.6 Å². The van der Waals surface area contributed by atoms with E-state index < -0.39 is 0 Å². The van der Waals surface area contributed by atoms with E-state index in [1.807, 2.05) is 10.6 Å². The molecule has 0 radical (unpaired) electrons. The molecule has 74 valence electrons. The van der Waals surface area contributed by atoms with Gasteiger partial charge in [-0.3, -0.25) is 4.40 Å². The van der Waals surface area contributed by atoms with Crippen LogP contribution in [0.1, 0.15) is 31.7 Å². The monoisotopic (exact) mass is 190 g/mol. The van der Waals surface area contributed by atoms with Crippen LogP contribution in [0.15, 0.2) is 18.9 Å². The molecule has 4 heteroatoms. The van der Waals surface area contributed by atoms with Crippen molar-refractivity contribution in [3.8, 4) is 0 Å². The molecule has 14 heavy (non-hydrogen) atoms. The molecule has 0 fully saturated rings. The van der Waals surface area contributed by atoms with Crippen LogP contribution in [0.4, 0.5) is 0 Å². The molecule has 0 atom stereocenters. The van der Waals surface area contributed by atoms with Crippen LogP contribution in [0.25, 0.3) is 5.65 Å². The van der Waals surface area contributed by atoms with Crippen molar-refractivity contribution in [2.24, 2.45) is 0 Å². The molecule has 0 N–H and O–H groups in total. The van der Waals surface area contributed by atoms with Crippen LogP contribution >= 0.6 is 0 Å². The number of aryl methyl sites for hydroxylation is 1. The third kappa shape index (κ3) is 1.73. The first kappa shape index (κ1) is 9.12. The summed E-state index contributed by atoms with van der Waals surface area (Å²) >= 11 is 0. The normalized spacial score (nSPS) is 10.9. The minimum absolute atomic E-state index is 0.941. The third-order valence-corrected chi connectivity index (χ3v) is 2.33. The van der Waals surface area contributed by atoms with Crippen molar-refractivity contribution in [2.75, 3.05) is 0 Å². The molecule has 2 aromatic rings. The van der Waals surface area contributed by atoms with E-state index in [1.54, 1.807) is 12.7 Å². The highest BCUT2D eigenvalue weighted by Crippen LogP contribution is 2.09. The molecule has 0 aliphatic carbocycles. The summed E-state index contributed by atoms with van der Waals surface area (Å²) in [5, 5.41) is 7.93. The van der Waals surface area contributed by atoms with E-state index in [0.717, 1.165) is 12.1 Å². The molecule has 0 aliphatic heterocycles. The van der Waals surface area contributed by atoms with Gasteiger partial charge in [0.15, 0.2) is 5.65 Å². The molecule has 4 nitrogen and oxygen atoms in total. The first-order chi connectivity index (χ1) is 6.92. The Balaban J connectivity index is 2.19. The summed E-state index contributed by atoms with van der Waals surface area (Å²) in [4.78, 5) is 4.15. The molecule has 0 spiro atoms. The van der Waals surface area contributed by atoms with Gasteiger partial charge in [0.05, 0.1) is 0 Å². The summed E-state index contributed by atoms with van der Waals surface area (Å²) in [5.41, 5.74) is 2.13. The lowest BCUT2D eigenvalue weighted by molar-refractivity contribution is 0.715. The summed E-state index contributed by atoms with van der Waals surface area (Å²) in [6.07, 6.45) is 10.1. The second kappa shape index (κ2) is 4.17. The second-order valence-corrected chi connectivity index (χ2v) is 3.44. The maximum atomic E-state index is 4.15. The highest BCUT2D eigenvalue weighted by molar-refractivity contribution is 5.44. The molecule has 0 saturated carbocycles. The van der Waals surface area contributed by atoms with Gasteiger partial charge in [0.2, 0.25) is 0 Å². The van der Waals surface area contributed by atoms with E-state index in [9.17, 15) is 0 Å². The lowest BCUT2D eigenvalue weighted by Gasteiger charge is -2.00. The first-order valence-electron chi connectivity index (χ1n) is 5.04. The predicted molar refractivity (Wildman–Crippen MR) is 54.0 cm³/mol. The van der Waals surface area contributed by atoms with E-state index in [0.29, 0.717) is 0 Å².